The molecule has 0 amide bonds. The molecule has 1 aromatic rings. The van der Waals surface area contributed by atoms with Crippen LogP contribution in [0.1, 0.15) is 17.6 Å². The number of alkyl halides is 5. The molecule has 0 aliphatic heterocycles. The van der Waals surface area contributed by atoms with Crippen molar-refractivity contribution in [1.29, 1.82) is 0 Å². The summed E-state index contributed by atoms with van der Waals surface area (Å²) in [6.07, 6.45) is -7.39. The molecule has 1 aromatic heterocycles. The molecular weight excluding hydrogens is 320 g/mol. The minimum absolute atomic E-state index is 0.0272. The summed E-state index contributed by atoms with van der Waals surface area (Å²) >= 11 is 1.53. The Hall–Kier alpha value is -0.470. The van der Waals surface area contributed by atoms with E-state index in [1.54, 1.807) is 0 Å². The SMILES string of the molecule is FC(F)c1cnc(I)cc1C(F)(F)F. The third-order valence-corrected chi connectivity index (χ3v) is 2.03. The molecule has 1 nitrogen and oxygen atoms in total. The lowest BCUT2D eigenvalue weighted by atomic mass is 10.1. The van der Waals surface area contributed by atoms with E-state index >= 15 is 0 Å². The van der Waals surface area contributed by atoms with Crippen LogP contribution in [-0.4, -0.2) is 4.98 Å². The van der Waals surface area contributed by atoms with Crippen LogP contribution in [0, 0.1) is 3.70 Å². The zero-order valence-corrected chi connectivity index (χ0v) is 8.60. The van der Waals surface area contributed by atoms with Crippen LogP contribution in [0.2, 0.25) is 0 Å². The van der Waals surface area contributed by atoms with Crippen LogP contribution in [0.5, 0.6) is 0 Å². The van der Waals surface area contributed by atoms with Crippen molar-refractivity contribution in [2.45, 2.75) is 12.6 Å². The summed E-state index contributed by atoms with van der Waals surface area (Å²) in [5.41, 5.74) is -2.41. The summed E-state index contributed by atoms with van der Waals surface area (Å²) in [4.78, 5) is 3.38. The van der Waals surface area contributed by atoms with E-state index in [9.17, 15) is 22.0 Å². The molecule has 0 N–H and O–H groups in total. The predicted molar refractivity (Wildman–Crippen MR) is 46.9 cm³/mol. The van der Waals surface area contributed by atoms with Crippen molar-refractivity contribution in [3.8, 4) is 0 Å². The number of rotatable bonds is 1. The number of nitrogens with zero attached hydrogens (tertiary/aromatic N) is 1. The lowest BCUT2D eigenvalue weighted by Gasteiger charge is -2.11. The van der Waals surface area contributed by atoms with Crippen molar-refractivity contribution in [2.24, 2.45) is 0 Å². The lowest BCUT2D eigenvalue weighted by Crippen LogP contribution is -2.10. The molecule has 14 heavy (non-hydrogen) atoms. The first-order valence-electron chi connectivity index (χ1n) is 3.33. The molecule has 0 fully saturated rings. The van der Waals surface area contributed by atoms with E-state index in [2.05, 4.69) is 4.98 Å². The Morgan fingerprint density at radius 3 is 2.29 bits per heavy atom. The van der Waals surface area contributed by atoms with Crippen LogP contribution in [0.15, 0.2) is 12.3 Å². The number of hydrogen-bond donors (Lipinski definition) is 0. The standard InChI is InChI=1S/C7H3F5IN/c8-6(9)3-2-14-5(13)1-4(3)7(10,11)12/h1-2,6H. The Morgan fingerprint density at radius 1 is 1.29 bits per heavy atom. The summed E-state index contributed by atoms with van der Waals surface area (Å²) in [7, 11) is 0. The van der Waals surface area contributed by atoms with Crippen molar-refractivity contribution in [2.75, 3.05) is 0 Å². The van der Waals surface area contributed by atoms with Crippen LogP contribution < -0.4 is 0 Å². The van der Waals surface area contributed by atoms with Gasteiger partial charge in [0.2, 0.25) is 0 Å². The van der Waals surface area contributed by atoms with E-state index in [4.69, 9.17) is 0 Å². The van der Waals surface area contributed by atoms with Gasteiger partial charge >= 0.3 is 6.18 Å². The normalized spacial score (nSPS) is 12.2. The molecule has 0 aliphatic rings. The molecule has 1 rings (SSSR count). The molecule has 7 heteroatoms. The van der Waals surface area contributed by atoms with E-state index in [0.29, 0.717) is 12.3 Å². The topological polar surface area (TPSA) is 12.9 Å². The summed E-state index contributed by atoms with van der Waals surface area (Å²) in [6.45, 7) is 0. The quantitative estimate of drug-likeness (QED) is 0.437. The maximum Gasteiger partial charge on any atom is 0.417 e. The van der Waals surface area contributed by atoms with Crippen LogP contribution in [0.25, 0.3) is 0 Å². The molecule has 78 valence electrons. The van der Waals surface area contributed by atoms with Gasteiger partial charge in [-0.2, -0.15) is 13.2 Å². The summed E-state index contributed by atoms with van der Waals surface area (Å²) < 4.78 is 61.0. The zero-order chi connectivity index (χ0) is 10.9. The summed E-state index contributed by atoms with van der Waals surface area (Å²) in [6, 6.07) is 0.599. The lowest BCUT2D eigenvalue weighted by molar-refractivity contribution is -0.139. The average molecular weight is 323 g/mol. The Morgan fingerprint density at radius 2 is 1.86 bits per heavy atom. The van der Waals surface area contributed by atoms with Crippen molar-refractivity contribution >= 4 is 22.6 Å². The van der Waals surface area contributed by atoms with E-state index in [1.165, 1.54) is 22.6 Å². The molecule has 0 radical (unpaired) electrons. The van der Waals surface area contributed by atoms with E-state index in [-0.39, 0.29) is 3.70 Å². The molecule has 0 atom stereocenters. The van der Waals surface area contributed by atoms with Crippen LogP contribution >= 0.6 is 22.6 Å². The summed E-state index contributed by atoms with van der Waals surface area (Å²) in [5, 5.41) is 0. The third-order valence-electron chi connectivity index (χ3n) is 1.44. The minimum Gasteiger partial charge on any atom is -0.250 e. The maximum atomic E-state index is 12.2. The number of halogens is 6. The first-order valence-corrected chi connectivity index (χ1v) is 4.41. The molecule has 0 bridgehead atoms. The monoisotopic (exact) mass is 323 g/mol. The van der Waals surface area contributed by atoms with Gasteiger partial charge in [-0.05, 0) is 28.7 Å². The predicted octanol–water partition coefficient (Wildman–Crippen LogP) is 3.64. The second kappa shape index (κ2) is 3.95. The first-order chi connectivity index (χ1) is 6.32. The maximum absolute atomic E-state index is 12.2. The van der Waals surface area contributed by atoms with Gasteiger partial charge in [0.1, 0.15) is 3.70 Å². The Labute approximate surface area is 89.5 Å². The van der Waals surface area contributed by atoms with E-state index < -0.39 is 23.7 Å². The molecule has 0 unspecified atom stereocenters. The highest BCUT2D eigenvalue weighted by Gasteiger charge is 2.36. The fraction of sp³-hybridized carbons (Fsp3) is 0.286. The largest absolute Gasteiger partial charge is 0.417 e. The molecule has 0 aliphatic carbocycles. The smallest absolute Gasteiger partial charge is 0.250 e. The van der Waals surface area contributed by atoms with Gasteiger partial charge in [-0.25, -0.2) is 13.8 Å². The number of pyridine rings is 1. The molecule has 0 aromatic carbocycles. The molecule has 0 saturated heterocycles. The van der Waals surface area contributed by atoms with Crippen molar-refractivity contribution in [1.82, 2.24) is 4.98 Å². The van der Waals surface area contributed by atoms with Crippen molar-refractivity contribution in [3.63, 3.8) is 0 Å². The highest BCUT2D eigenvalue weighted by Crippen LogP contribution is 2.36. The molecule has 0 spiro atoms. The number of aromatic nitrogens is 1. The Kier molecular flexibility index (Phi) is 3.28. The fourth-order valence-corrected chi connectivity index (χ4v) is 1.31. The van der Waals surface area contributed by atoms with E-state index in [1.807, 2.05) is 0 Å². The fourth-order valence-electron chi connectivity index (χ4n) is 0.860. The second-order valence-corrected chi connectivity index (χ2v) is 3.50. The second-order valence-electron chi connectivity index (χ2n) is 2.39. The Bertz CT molecular complexity index is 335. The molecule has 0 saturated carbocycles. The Balaban J connectivity index is 3.30. The van der Waals surface area contributed by atoms with Crippen molar-refractivity contribution < 1.29 is 22.0 Å². The summed E-state index contributed by atoms with van der Waals surface area (Å²) in [5.74, 6) is 0. The average Bonchev–Trinajstić information content (AvgIpc) is 2.01. The van der Waals surface area contributed by atoms with Crippen LogP contribution in [-0.2, 0) is 6.18 Å². The van der Waals surface area contributed by atoms with Gasteiger partial charge in [0.15, 0.2) is 0 Å². The van der Waals surface area contributed by atoms with E-state index in [0.717, 1.165) is 0 Å². The van der Waals surface area contributed by atoms with Crippen molar-refractivity contribution in [3.05, 3.63) is 27.1 Å². The first kappa shape index (κ1) is 11.6. The van der Waals surface area contributed by atoms with Gasteiger partial charge in [0.05, 0.1) is 5.56 Å². The minimum atomic E-state index is -4.77. The molecule has 1 heterocycles. The highest BCUT2D eigenvalue weighted by molar-refractivity contribution is 14.1. The third kappa shape index (κ3) is 2.52. The zero-order valence-electron chi connectivity index (χ0n) is 6.45. The van der Waals surface area contributed by atoms with Gasteiger partial charge < -0.3 is 0 Å². The van der Waals surface area contributed by atoms with Crippen LogP contribution in [0.4, 0.5) is 22.0 Å². The van der Waals surface area contributed by atoms with Crippen LogP contribution in [0.3, 0.4) is 0 Å². The number of hydrogen-bond acceptors (Lipinski definition) is 1. The molecular formula is C7H3F5IN. The van der Waals surface area contributed by atoms with Gasteiger partial charge in [0, 0.05) is 11.8 Å². The highest BCUT2D eigenvalue weighted by atomic mass is 127. The van der Waals surface area contributed by atoms with Gasteiger partial charge in [0.25, 0.3) is 6.43 Å². The van der Waals surface area contributed by atoms with Gasteiger partial charge in [-0.3, -0.25) is 0 Å². The van der Waals surface area contributed by atoms with Gasteiger partial charge in [-0.15, -0.1) is 0 Å². The van der Waals surface area contributed by atoms with Gasteiger partial charge in [-0.1, -0.05) is 0 Å².